The quantitative estimate of drug-likeness (QED) is 0.726. The van der Waals surface area contributed by atoms with Gasteiger partial charge in [0.2, 0.25) is 0 Å². The Labute approximate surface area is 93.9 Å². The first kappa shape index (κ1) is 12.7. The Hall–Kier alpha value is -0.340. The number of nitrogens with two attached hydrogens (primary N) is 1. The van der Waals surface area contributed by atoms with Crippen molar-refractivity contribution in [3.05, 3.63) is 11.6 Å². The van der Waals surface area contributed by atoms with Gasteiger partial charge in [0, 0.05) is 12.0 Å². The lowest BCUT2D eigenvalue weighted by Crippen LogP contribution is -2.41. The Morgan fingerprint density at radius 2 is 2.07 bits per heavy atom. The van der Waals surface area contributed by atoms with Crippen molar-refractivity contribution in [2.24, 2.45) is 11.7 Å². The van der Waals surface area contributed by atoms with Crippen molar-refractivity contribution >= 4 is 0 Å². The van der Waals surface area contributed by atoms with Crippen LogP contribution in [-0.2, 0) is 4.74 Å². The molecule has 0 amide bonds. The topological polar surface area (TPSA) is 35.2 Å². The van der Waals surface area contributed by atoms with Gasteiger partial charge in [-0.3, -0.25) is 0 Å². The average molecular weight is 211 g/mol. The fourth-order valence-electron chi connectivity index (χ4n) is 2.17. The molecule has 0 spiro atoms. The first-order valence-electron chi connectivity index (χ1n) is 6.16. The number of rotatable bonds is 4. The minimum Gasteiger partial charge on any atom is -0.371 e. The Balaban J connectivity index is 2.62. The molecule has 0 aromatic heterocycles. The van der Waals surface area contributed by atoms with Crippen LogP contribution in [0.25, 0.3) is 0 Å². The maximum Gasteiger partial charge on any atom is 0.0802 e. The van der Waals surface area contributed by atoms with Crippen LogP contribution < -0.4 is 5.73 Å². The molecule has 0 radical (unpaired) electrons. The third-order valence-electron chi connectivity index (χ3n) is 3.46. The van der Waals surface area contributed by atoms with E-state index in [9.17, 15) is 0 Å². The fourth-order valence-corrected chi connectivity index (χ4v) is 2.17. The van der Waals surface area contributed by atoms with Crippen molar-refractivity contribution in [2.75, 3.05) is 0 Å². The smallest absolute Gasteiger partial charge is 0.0802 e. The van der Waals surface area contributed by atoms with Gasteiger partial charge in [-0.25, -0.2) is 0 Å². The lowest BCUT2D eigenvalue weighted by atomic mass is 9.85. The van der Waals surface area contributed by atoms with Crippen LogP contribution in [-0.4, -0.2) is 18.2 Å². The van der Waals surface area contributed by atoms with Gasteiger partial charge in [0.1, 0.15) is 0 Å². The standard InChI is InChI=1S/C13H25NO/c1-5-11(6-2)15-13-8-9(3)7-12(14)10(13)4/h8,10-13H,5-7,14H2,1-4H3/t10-,12+,13-/m1/s1. The first-order valence-corrected chi connectivity index (χ1v) is 6.16. The summed E-state index contributed by atoms with van der Waals surface area (Å²) in [6, 6.07) is 0.259. The highest BCUT2D eigenvalue weighted by molar-refractivity contribution is 5.11. The molecule has 2 nitrogen and oxygen atoms in total. The van der Waals surface area contributed by atoms with Crippen LogP contribution in [0.4, 0.5) is 0 Å². The van der Waals surface area contributed by atoms with Crippen LogP contribution in [0.15, 0.2) is 11.6 Å². The Bertz CT molecular complexity index is 221. The maximum atomic E-state index is 6.10. The molecule has 15 heavy (non-hydrogen) atoms. The third-order valence-corrected chi connectivity index (χ3v) is 3.46. The van der Waals surface area contributed by atoms with Crippen LogP contribution in [0.2, 0.25) is 0 Å². The second-order valence-electron chi connectivity index (χ2n) is 4.78. The van der Waals surface area contributed by atoms with Gasteiger partial charge in [0.25, 0.3) is 0 Å². The van der Waals surface area contributed by atoms with E-state index in [2.05, 4.69) is 33.8 Å². The van der Waals surface area contributed by atoms with Gasteiger partial charge in [-0.1, -0.05) is 32.4 Å². The van der Waals surface area contributed by atoms with Crippen molar-refractivity contribution in [1.29, 1.82) is 0 Å². The molecule has 88 valence electrons. The van der Waals surface area contributed by atoms with Gasteiger partial charge in [-0.15, -0.1) is 0 Å². The summed E-state index contributed by atoms with van der Waals surface area (Å²) in [6.45, 7) is 8.70. The van der Waals surface area contributed by atoms with Gasteiger partial charge in [0.05, 0.1) is 12.2 Å². The van der Waals surface area contributed by atoms with Crippen molar-refractivity contribution in [3.63, 3.8) is 0 Å². The van der Waals surface area contributed by atoms with Gasteiger partial charge < -0.3 is 10.5 Å². The van der Waals surface area contributed by atoms with Crippen LogP contribution in [0.3, 0.4) is 0 Å². The summed E-state index contributed by atoms with van der Waals surface area (Å²) in [5.74, 6) is 0.439. The summed E-state index contributed by atoms with van der Waals surface area (Å²) in [5, 5.41) is 0. The SMILES string of the molecule is CCC(CC)O[C@@H]1C=C(C)C[C@H](N)[C@H]1C. The Morgan fingerprint density at radius 3 is 2.60 bits per heavy atom. The minimum absolute atomic E-state index is 0.221. The molecule has 1 rings (SSSR count). The van der Waals surface area contributed by atoms with E-state index in [1.54, 1.807) is 0 Å². The molecule has 0 aromatic carbocycles. The molecule has 0 unspecified atom stereocenters. The molecule has 0 aromatic rings. The highest BCUT2D eigenvalue weighted by atomic mass is 16.5. The van der Waals surface area contributed by atoms with Gasteiger partial charge >= 0.3 is 0 Å². The molecule has 0 heterocycles. The highest BCUT2D eigenvalue weighted by Gasteiger charge is 2.28. The first-order chi connectivity index (χ1) is 7.08. The second kappa shape index (κ2) is 5.66. The molecule has 3 atom stereocenters. The van der Waals surface area contributed by atoms with E-state index in [4.69, 9.17) is 10.5 Å². The summed E-state index contributed by atoms with van der Waals surface area (Å²) in [5.41, 5.74) is 7.47. The molecular formula is C13H25NO. The summed E-state index contributed by atoms with van der Waals surface area (Å²) in [4.78, 5) is 0. The van der Waals surface area contributed by atoms with Crippen molar-refractivity contribution in [1.82, 2.24) is 0 Å². The van der Waals surface area contributed by atoms with E-state index in [-0.39, 0.29) is 12.1 Å². The minimum atomic E-state index is 0.221. The molecule has 1 aliphatic rings. The van der Waals surface area contributed by atoms with Gasteiger partial charge in [-0.2, -0.15) is 0 Å². The van der Waals surface area contributed by atoms with Crippen LogP contribution in [0.5, 0.6) is 0 Å². The molecule has 2 heteroatoms. The normalized spacial score (nSPS) is 31.9. The molecule has 0 fully saturated rings. The monoisotopic (exact) mass is 211 g/mol. The molecule has 0 aliphatic heterocycles. The summed E-state index contributed by atoms with van der Waals surface area (Å²) >= 11 is 0. The largest absolute Gasteiger partial charge is 0.371 e. The Kier molecular flexibility index (Phi) is 4.81. The number of ether oxygens (including phenoxy) is 1. The molecular weight excluding hydrogens is 186 g/mol. The van der Waals surface area contributed by atoms with E-state index in [0.717, 1.165) is 19.3 Å². The predicted molar refractivity (Wildman–Crippen MR) is 64.8 cm³/mol. The third kappa shape index (κ3) is 3.32. The van der Waals surface area contributed by atoms with Crippen LogP contribution in [0, 0.1) is 5.92 Å². The zero-order valence-electron chi connectivity index (χ0n) is 10.5. The molecule has 1 aliphatic carbocycles. The zero-order valence-corrected chi connectivity index (χ0v) is 10.5. The molecule has 0 saturated heterocycles. The number of hydrogen-bond donors (Lipinski definition) is 1. The zero-order chi connectivity index (χ0) is 11.4. The average Bonchev–Trinajstić information content (AvgIpc) is 2.21. The van der Waals surface area contributed by atoms with Crippen molar-refractivity contribution in [3.8, 4) is 0 Å². The summed E-state index contributed by atoms with van der Waals surface area (Å²) < 4.78 is 6.09. The van der Waals surface area contributed by atoms with E-state index < -0.39 is 0 Å². The van der Waals surface area contributed by atoms with Gasteiger partial charge in [0.15, 0.2) is 0 Å². The lowest BCUT2D eigenvalue weighted by Gasteiger charge is -2.34. The molecule has 2 N–H and O–H groups in total. The predicted octanol–water partition coefficient (Wildman–Crippen LogP) is 2.87. The van der Waals surface area contributed by atoms with E-state index in [1.807, 2.05) is 0 Å². The van der Waals surface area contributed by atoms with E-state index in [1.165, 1.54) is 5.57 Å². The van der Waals surface area contributed by atoms with Crippen LogP contribution >= 0.6 is 0 Å². The Morgan fingerprint density at radius 1 is 1.47 bits per heavy atom. The highest BCUT2D eigenvalue weighted by Crippen LogP contribution is 2.26. The van der Waals surface area contributed by atoms with E-state index in [0.29, 0.717) is 12.0 Å². The van der Waals surface area contributed by atoms with Crippen molar-refractivity contribution in [2.45, 2.75) is 65.2 Å². The molecule has 0 bridgehead atoms. The summed E-state index contributed by atoms with van der Waals surface area (Å²) in [6.07, 6.45) is 6.05. The maximum absolute atomic E-state index is 6.10. The van der Waals surface area contributed by atoms with Crippen LogP contribution in [0.1, 0.15) is 47.0 Å². The fraction of sp³-hybridized carbons (Fsp3) is 0.846. The lowest BCUT2D eigenvalue weighted by molar-refractivity contribution is -0.0247. The number of hydrogen-bond acceptors (Lipinski definition) is 2. The second-order valence-corrected chi connectivity index (χ2v) is 4.78. The van der Waals surface area contributed by atoms with E-state index >= 15 is 0 Å². The van der Waals surface area contributed by atoms with Crippen molar-refractivity contribution < 1.29 is 4.74 Å². The summed E-state index contributed by atoms with van der Waals surface area (Å²) in [7, 11) is 0. The molecule has 0 saturated carbocycles. The van der Waals surface area contributed by atoms with Gasteiger partial charge in [-0.05, 0) is 26.2 Å².